The quantitative estimate of drug-likeness (QED) is 0.526. The molecule has 0 saturated carbocycles. The van der Waals surface area contributed by atoms with E-state index < -0.39 is 7.05 Å². The summed E-state index contributed by atoms with van der Waals surface area (Å²) in [6, 6.07) is 7.51. The Hall–Kier alpha value is -1.30. The molecule has 0 radical (unpaired) electrons. The van der Waals surface area contributed by atoms with E-state index in [2.05, 4.69) is 0 Å². The van der Waals surface area contributed by atoms with Crippen LogP contribution >= 0.6 is 11.6 Å². The van der Waals surface area contributed by atoms with Crippen LogP contribution in [0.25, 0.3) is 5.57 Å². The van der Waals surface area contributed by atoms with Gasteiger partial charge in [0.2, 0.25) is 0 Å². The maximum absolute atomic E-state index is 11.7. The summed E-state index contributed by atoms with van der Waals surface area (Å²) in [6.45, 7) is 3.41. The first-order valence-corrected chi connectivity index (χ1v) is 7.86. The minimum absolute atomic E-state index is 0.273. The van der Waals surface area contributed by atoms with Crippen LogP contribution in [-0.4, -0.2) is 43.1 Å². The maximum Gasteiger partial charge on any atom is 0.376 e. The van der Waals surface area contributed by atoms with Crippen molar-refractivity contribution in [2.24, 2.45) is 5.92 Å². The third-order valence-electron chi connectivity index (χ3n) is 4.15. The molecule has 4 nitrogen and oxygen atoms in total. The van der Waals surface area contributed by atoms with Crippen LogP contribution in [0.15, 0.2) is 30.3 Å². The van der Waals surface area contributed by atoms with Gasteiger partial charge in [-0.25, -0.2) is 4.79 Å². The molecular formula is C16H21BClNO3. The van der Waals surface area contributed by atoms with Crippen LogP contribution in [-0.2, 0) is 9.53 Å². The lowest BCUT2D eigenvalue weighted by Crippen LogP contribution is -2.43. The number of carbonyl (C=O) groups excluding carboxylic acids is 1. The van der Waals surface area contributed by atoms with Crippen LogP contribution in [0.4, 0.5) is 0 Å². The van der Waals surface area contributed by atoms with Gasteiger partial charge in [-0.2, -0.15) is 0 Å². The predicted octanol–water partition coefficient (Wildman–Crippen LogP) is 2.72. The van der Waals surface area contributed by atoms with Crippen molar-refractivity contribution in [3.63, 3.8) is 0 Å². The minimum Gasteiger partial charge on any atom is -0.466 e. The van der Waals surface area contributed by atoms with E-state index in [1.807, 2.05) is 29.1 Å². The molecule has 1 N–H and O–H groups in total. The fourth-order valence-electron chi connectivity index (χ4n) is 2.85. The molecule has 0 spiro atoms. The number of nitrogens with zero attached hydrogens (tertiary/aromatic N) is 1. The number of ether oxygens (including phenoxy) is 1. The fraction of sp³-hybridized carbons (Fsp3) is 0.438. The second-order valence-electron chi connectivity index (χ2n) is 5.57. The number of esters is 1. The van der Waals surface area contributed by atoms with Gasteiger partial charge in [-0.15, -0.1) is 0 Å². The summed E-state index contributed by atoms with van der Waals surface area (Å²) in [4.78, 5) is 13.7. The van der Waals surface area contributed by atoms with Crippen molar-refractivity contribution in [2.75, 3.05) is 20.2 Å². The van der Waals surface area contributed by atoms with Crippen molar-refractivity contribution >= 4 is 30.2 Å². The molecule has 0 atom stereocenters. The Kier molecular flexibility index (Phi) is 6.06. The number of allylic oxidation sites excluding steroid dienone is 1. The number of rotatable bonds is 4. The summed E-state index contributed by atoms with van der Waals surface area (Å²) in [7, 11) is 0.957. The molecule has 1 aliphatic rings. The van der Waals surface area contributed by atoms with Crippen molar-refractivity contribution in [3.8, 4) is 0 Å². The highest BCUT2D eigenvalue weighted by Crippen LogP contribution is 2.32. The van der Waals surface area contributed by atoms with Gasteiger partial charge in [-0.05, 0) is 61.9 Å². The Balaban J connectivity index is 2.21. The zero-order valence-corrected chi connectivity index (χ0v) is 13.7. The van der Waals surface area contributed by atoms with Crippen LogP contribution in [0, 0.1) is 5.92 Å². The van der Waals surface area contributed by atoms with Crippen molar-refractivity contribution in [3.05, 3.63) is 40.9 Å². The SMILES string of the molecule is COC(=O)/C=C(/c1ccc(Cl)cc1)C1CCN(B(C)O)CC1. The Morgan fingerprint density at radius 1 is 1.36 bits per heavy atom. The molecule has 118 valence electrons. The fourth-order valence-corrected chi connectivity index (χ4v) is 2.98. The zero-order chi connectivity index (χ0) is 16.1. The maximum atomic E-state index is 11.7. The molecule has 22 heavy (non-hydrogen) atoms. The third-order valence-corrected chi connectivity index (χ3v) is 4.40. The average Bonchev–Trinajstić information content (AvgIpc) is 2.53. The van der Waals surface area contributed by atoms with E-state index in [4.69, 9.17) is 16.3 Å². The first-order chi connectivity index (χ1) is 10.5. The Morgan fingerprint density at radius 2 is 1.95 bits per heavy atom. The highest BCUT2D eigenvalue weighted by atomic mass is 35.5. The van der Waals surface area contributed by atoms with Gasteiger partial charge in [0.15, 0.2) is 0 Å². The molecular weight excluding hydrogens is 300 g/mol. The lowest BCUT2D eigenvalue weighted by Gasteiger charge is -2.33. The normalized spacial score (nSPS) is 17.4. The van der Waals surface area contributed by atoms with Gasteiger partial charge in [-0.3, -0.25) is 0 Å². The van der Waals surface area contributed by atoms with Crippen molar-refractivity contribution in [1.29, 1.82) is 0 Å². The summed E-state index contributed by atoms with van der Waals surface area (Å²) in [5.41, 5.74) is 1.97. The van der Waals surface area contributed by atoms with Gasteiger partial charge >= 0.3 is 13.0 Å². The Bertz CT molecular complexity index is 537. The van der Waals surface area contributed by atoms with E-state index in [9.17, 15) is 9.82 Å². The number of hydrogen-bond donors (Lipinski definition) is 1. The van der Waals surface area contributed by atoms with Gasteiger partial charge in [0.25, 0.3) is 0 Å². The minimum atomic E-state index is -0.426. The van der Waals surface area contributed by atoms with E-state index in [0.717, 1.165) is 37.1 Å². The second kappa shape index (κ2) is 7.81. The predicted molar refractivity (Wildman–Crippen MR) is 89.6 cm³/mol. The van der Waals surface area contributed by atoms with Crippen LogP contribution in [0.1, 0.15) is 18.4 Å². The van der Waals surface area contributed by atoms with Gasteiger partial charge in [0.1, 0.15) is 0 Å². The van der Waals surface area contributed by atoms with Gasteiger partial charge in [0.05, 0.1) is 7.11 Å². The number of carbonyl (C=O) groups is 1. The van der Waals surface area contributed by atoms with E-state index in [1.54, 1.807) is 12.9 Å². The molecule has 2 rings (SSSR count). The lowest BCUT2D eigenvalue weighted by atomic mass is 9.78. The monoisotopic (exact) mass is 321 g/mol. The third kappa shape index (κ3) is 4.35. The molecule has 0 aromatic heterocycles. The molecule has 0 amide bonds. The van der Waals surface area contributed by atoms with E-state index in [1.165, 1.54) is 7.11 Å². The summed E-state index contributed by atoms with van der Waals surface area (Å²) in [5.74, 6) is -0.0711. The lowest BCUT2D eigenvalue weighted by molar-refractivity contribution is -0.134. The molecule has 1 fully saturated rings. The summed E-state index contributed by atoms with van der Waals surface area (Å²) in [6.07, 6.45) is 3.37. The molecule has 1 heterocycles. The van der Waals surface area contributed by atoms with E-state index in [0.29, 0.717) is 5.02 Å². The zero-order valence-electron chi connectivity index (χ0n) is 13.0. The molecule has 1 aliphatic heterocycles. The molecule has 0 aliphatic carbocycles. The van der Waals surface area contributed by atoms with Gasteiger partial charge in [0, 0.05) is 11.1 Å². The Morgan fingerprint density at radius 3 is 2.45 bits per heavy atom. The van der Waals surface area contributed by atoms with Crippen molar-refractivity contribution in [1.82, 2.24) is 4.81 Å². The molecule has 6 heteroatoms. The number of hydrogen-bond acceptors (Lipinski definition) is 4. The number of benzene rings is 1. The molecule has 1 aromatic rings. The summed E-state index contributed by atoms with van der Waals surface area (Å²) in [5, 5.41) is 10.3. The summed E-state index contributed by atoms with van der Waals surface area (Å²) < 4.78 is 4.78. The van der Waals surface area contributed by atoms with Gasteiger partial charge in [-0.1, -0.05) is 23.7 Å². The van der Waals surface area contributed by atoms with Crippen LogP contribution < -0.4 is 0 Å². The van der Waals surface area contributed by atoms with Crippen LogP contribution in [0.3, 0.4) is 0 Å². The summed E-state index contributed by atoms with van der Waals surface area (Å²) >= 11 is 5.94. The van der Waals surface area contributed by atoms with E-state index >= 15 is 0 Å². The Labute approximate surface area is 136 Å². The highest BCUT2D eigenvalue weighted by molar-refractivity contribution is 6.45. The van der Waals surface area contributed by atoms with Crippen molar-refractivity contribution in [2.45, 2.75) is 19.7 Å². The highest BCUT2D eigenvalue weighted by Gasteiger charge is 2.27. The number of piperidine rings is 1. The molecule has 0 unspecified atom stereocenters. The standard InChI is InChI=1S/C16H21BClNO3/c1-17(21)19-9-7-13(8-10-19)15(11-16(20)22-2)12-3-5-14(18)6-4-12/h3-6,11,13,21H,7-10H2,1-2H3/b15-11-. The number of methoxy groups -OCH3 is 1. The topological polar surface area (TPSA) is 49.8 Å². The van der Waals surface area contributed by atoms with Crippen LogP contribution in [0.2, 0.25) is 11.8 Å². The second-order valence-corrected chi connectivity index (χ2v) is 6.01. The molecule has 1 aromatic carbocycles. The van der Waals surface area contributed by atoms with Crippen molar-refractivity contribution < 1.29 is 14.6 Å². The largest absolute Gasteiger partial charge is 0.466 e. The number of halogens is 1. The first kappa shape index (κ1) is 17.1. The average molecular weight is 322 g/mol. The smallest absolute Gasteiger partial charge is 0.376 e. The van der Waals surface area contributed by atoms with E-state index in [-0.39, 0.29) is 11.9 Å². The van der Waals surface area contributed by atoms with Gasteiger partial charge < -0.3 is 14.6 Å². The molecule has 1 saturated heterocycles. The molecule has 0 bridgehead atoms. The first-order valence-electron chi connectivity index (χ1n) is 7.49. The van der Waals surface area contributed by atoms with Crippen LogP contribution in [0.5, 0.6) is 0 Å².